The number of benzene rings is 3. The summed E-state index contributed by atoms with van der Waals surface area (Å²) >= 11 is 0. The fourth-order valence-electron chi connectivity index (χ4n) is 5.09. The van der Waals surface area contributed by atoms with Gasteiger partial charge in [0.1, 0.15) is 5.58 Å². The second-order valence-corrected chi connectivity index (χ2v) is 8.37. The zero-order valence-corrected chi connectivity index (χ0v) is 17.9. The van der Waals surface area contributed by atoms with Crippen LogP contribution in [0.3, 0.4) is 0 Å². The Bertz CT molecular complexity index is 1600. The van der Waals surface area contributed by atoms with Gasteiger partial charge in [0, 0.05) is 44.7 Å². The summed E-state index contributed by atoms with van der Waals surface area (Å²) in [7, 11) is 0. The lowest BCUT2D eigenvalue weighted by atomic mass is 9.82. The maximum Gasteiger partial charge on any atom is 0.196 e. The summed E-state index contributed by atoms with van der Waals surface area (Å²) in [5.74, 6) is -0.275. The second kappa shape index (κ2) is 6.99. The number of hydrogen-bond donors (Lipinski definition) is 2. The van der Waals surface area contributed by atoms with E-state index in [4.69, 9.17) is 4.42 Å². The van der Waals surface area contributed by atoms with Gasteiger partial charge in [0.05, 0.1) is 11.6 Å². The minimum atomic E-state index is -0.275. The van der Waals surface area contributed by atoms with Crippen LogP contribution in [0.2, 0.25) is 0 Å². The molecule has 32 heavy (non-hydrogen) atoms. The first kappa shape index (κ1) is 18.7. The maximum atomic E-state index is 13.8. The molecule has 0 fully saturated rings. The number of para-hydroxylation sites is 3. The van der Waals surface area contributed by atoms with Crippen molar-refractivity contribution >= 4 is 32.8 Å². The van der Waals surface area contributed by atoms with E-state index in [1.54, 1.807) is 6.26 Å². The predicted molar refractivity (Wildman–Crippen MR) is 130 cm³/mol. The molecule has 3 aromatic heterocycles. The molecular formula is C28H22N2O2. The Morgan fingerprint density at radius 2 is 1.19 bits per heavy atom. The minimum Gasteiger partial charge on any atom is -0.464 e. The van der Waals surface area contributed by atoms with E-state index in [9.17, 15) is 4.79 Å². The van der Waals surface area contributed by atoms with Gasteiger partial charge < -0.3 is 14.4 Å². The Labute approximate surface area is 184 Å². The van der Waals surface area contributed by atoms with E-state index in [0.29, 0.717) is 16.5 Å². The summed E-state index contributed by atoms with van der Waals surface area (Å²) in [6.45, 7) is 4.16. The molecule has 3 heterocycles. The molecule has 0 saturated heterocycles. The molecule has 0 atom stereocenters. The average Bonchev–Trinajstić information content (AvgIpc) is 3.32. The van der Waals surface area contributed by atoms with Gasteiger partial charge in [-0.05, 0) is 49.2 Å². The zero-order chi connectivity index (χ0) is 21.8. The van der Waals surface area contributed by atoms with Gasteiger partial charge in [-0.15, -0.1) is 0 Å². The van der Waals surface area contributed by atoms with Crippen molar-refractivity contribution in [3.63, 3.8) is 0 Å². The predicted octanol–water partition coefficient (Wildman–Crippen LogP) is 6.55. The van der Waals surface area contributed by atoms with E-state index in [2.05, 4.69) is 48.1 Å². The van der Waals surface area contributed by atoms with E-state index >= 15 is 0 Å². The highest BCUT2D eigenvalue weighted by atomic mass is 16.3. The average molecular weight is 418 g/mol. The largest absolute Gasteiger partial charge is 0.464 e. The van der Waals surface area contributed by atoms with Crippen LogP contribution in [0.1, 0.15) is 34.0 Å². The number of H-pyrrole nitrogens is 2. The summed E-state index contributed by atoms with van der Waals surface area (Å²) in [6.07, 6.45) is 1.65. The highest BCUT2D eigenvalue weighted by Gasteiger charge is 2.29. The van der Waals surface area contributed by atoms with Crippen molar-refractivity contribution in [2.24, 2.45) is 0 Å². The van der Waals surface area contributed by atoms with Gasteiger partial charge in [-0.1, -0.05) is 48.5 Å². The first-order chi connectivity index (χ1) is 15.6. The number of aryl methyl sites for hydroxylation is 2. The molecule has 0 aliphatic rings. The molecule has 0 bridgehead atoms. The third-order valence-electron chi connectivity index (χ3n) is 6.48. The summed E-state index contributed by atoms with van der Waals surface area (Å²) < 4.78 is 5.98. The van der Waals surface area contributed by atoms with Crippen LogP contribution in [0.25, 0.3) is 32.8 Å². The molecule has 0 amide bonds. The monoisotopic (exact) mass is 418 g/mol. The second-order valence-electron chi connectivity index (χ2n) is 8.37. The van der Waals surface area contributed by atoms with Gasteiger partial charge in [-0.2, -0.15) is 0 Å². The van der Waals surface area contributed by atoms with E-state index in [1.807, 2.05) is 48.5 Å². The molecule has 156 valence electrons. The summed E-state index contributed by atoms with van der Waals surface area (Å²) in [6, 6.07) is 24.0. The number of nitrogens with one attached hydrogen (secondary N) is 2. The molecule has 0 aliphatic carbocycles. The summed E-state index contributed by atoms with van der Waals surface area (Å²) in [5, 5.41) is 2.84. The molecule has 3 aromatic carbocycles. The van der Waals surface area contributed by atoms with Crippen molar-refractivity contribution in [1.29, 1.82) is 0 Å². The first-order valence-corrected chi connectivity index (χ1v) is 10.8. The molecule has 0 unspecified atom stereocenters. The van der Waals surface area contributed by atoms with Crippen LogP contribution in [0.15, 0.2) is 88.3 Å². The van der Waals surface area contributed by atoms with Gasteiger partial charge in [-0.25, -0.2) is 0 Å². The Hall–Kier alpha value is -4.05. The topological polar surface area (TPSA) is 61.8 Å². The summed E-state index contributed by atoms with van der Waals surface area (Å²) in [5.41, 5.74) is 7.69. The number of aromatic amines is 2. The Morgan fingerprint density at radius 3 is 1.78 bits per heavy atom. The summed E-state index contributed by atoms with van der Waals surface area (Å²) in [4.78, 5) is 20.8. The van der Waals surface area contributed by atoms with E-state index < -0.39 is 0 Å². The molecule has 0 radical (unpaired) electrons. The highest BCUT2D eigenvalue weighted by molar-refractivity contribution is 5.91. The van der Waals surface area contributed by atoms with E-state index in [0.717, 1.165) is 44.3 Å². The fraction of sp³-hybridized carbons (Fsp3) is 0.107. The molecular weight excluding hydrogens is 396 g/mol. The molecule has 2 N–H and O–H groups in total. The number of aromatic nitrogens is 2. The Morgan fingerprint density at radius 1 is 0.688 bits per heavy atom. The van der Waals surface area contributed by atoms with Gasteiger partial charge in [-0.3, -0.25) is 4.79 Å². The minimum absolute atomic E-state index is 0.00575. The SMILES string of the molecule is Cc1[nH]c2ccccc2c1C(c1coc2ccccc2c1=O)c1c(C)[nH]c2ccccc12. The van der Waals surface area contributed by atoms with Crippen LogP contribution < -0.4 is 5.43 Å². The van der Waals surface area contributed by atoms with Gasteiger partial charge in [0.2, 0.25) is 0 Å². The van der Waals surface area contributed by atoms with Crippen LogP contribution in [-0.2, 0) is 0 Å². The van der Waals surface area contributed by atoms with E-state index in [-0.39, 0.29) is 11.3 Å². The lowest BCUT2D eigenvalue weighted by molar-refractivity contribution is 0.591. The quantitative estimate of drug-likeness (QED) is 0.342. The van der Waals surface area contributed by atoms with Crippen molar-refractivity contribution in [1.82, 2.24) is 9.97 Å². The Kier molecular flexibility index (Phi) is 4.08. The number of rotatable bonds is 3. The first-order valence-electron chi connectivity index (χ1n) is 10.8. The lowest BCUT2D eigenvalue weighted by Gasteiger charge is -2.19. The standard InChI is InChI=1S/C28H22N2O2/c1-16-25(18-9-3-6-12-22(18)29-16)27(26-17(2)30-23-13-7-4-10-19(23)26)21-15-32-24-14-8-5-11-20(24)28(21)31/h3-15,27,29-30H,1-2H3. The van der Waals surface area contributed by atoms with Crippen molar-refractivity contribution in [2.75, 3.05) is 0 Å². The number of hydrogen-bond acceptors (Lipinski definition) is 2. The van der Waals surface area contributed by atoms with Crippen LogP contribution in [0.5, 0.6) is 0 Å². The van der Waals surface area contributed by atoms with Crippen molar-refractivity contribution in [3.05, 3.63) is 117 Å². The molecule has 4 nitrogen and oxygen atoms in total. The van der Waals surface area contributed by atoms with Crippen molar-refractivity contribution < 1.29 is 4.42 Å². The Balaban J connectivity index is 1.76. The van der Waals surface area contributed by atoms with Crippen LogP contribution in [-0.4, -0.2) is 9.97 Å². The van der Waals surface area contributed by atoms with Gasteiger partial charge >= 0.3 is 0 Å². The van der Waals surface area contributed by atoms with Crippen LogP contribution in [0, 0.1) is 13.8 Å². The van der Waals surface area contributed by atoms with Crippen molar-refractivity contribution in [2.45, 2.75) is 19.8 Å². The maximum absolute atomic E-state index is 13.8. The van der Waals surface area contributed by atoms with Gasteiger partial charge in [0.25, 0.3) is 0 Å². The smallest absolute Gasteiger partial charge is 0.196 e. The van der Waals surface area contributed by atoms with Gasteiger partial charge in [0.15, 0.2) is 5.43 Å². The zero-order valence-electron chi connectivity index (χ0n) is 17.9. The normalized spacial score (nSPS) is 11.8. The third-order valence-corrected chi connectivity index (χ3v) is 6.48. The molecule has 0 saturated carbocycles. The highest BCUT2D eigenvalue weighted by Crippen LogP contribution is 2.42. The molecule has 0 spiro atoms. The molecule has 6 aromatic rings. The fourth-order valence-corrected chi connectivity index (χ4v) is 5.09. The third kappa shape index (κ3) is 2.66. The van der Waals surface area contributed by atoms with Crippen molar-refractivity contribution in [3.8, 4) is 0 Å². The van der Waals surface area contributed by atoms with Crippen LogP contribution in [0.4, 0.5) is 0 Å². The lowest BCUT2D eigenvalue weighted by Crippen LogP contribution is -2.16. The van der Waals surface area contributed by atoms with Crippen LogP contribution >= 0.6 is 0 Å². The number of fused-ring (bicyclic) bond motifs is 3. The molecule has 0 aliphatic heterocycles. The molecule has 6 rings (SSSR count). The molecule has 4 heteroatoms. The van der Waals surface area contributed by atoms with E-state index in [1.165, 1.54) is 0 Å².